The standard InChI is InChI=1S/C12H13ClN2/c13-11-5-3-10(4-6-11)9-15-7-1-2-12(15)8-14/h1-7H,8-9,14H2. The van der Waals surface area contributed by atoms with E-state index in [0.717, 1.165) is 17.3 Å². The van der Waals surface area contributed by atoms with E-state index in [-0.39, 0.29) is 0 Å². The minimum Gasteiger partial charge on any atom is -0.346 e. The molecular weight excluding hydrogens is 208 g/mol. The van der Waals surface area contributed by atoms with Gasteiger partial charge < -0.3 is 10.3 Å². The normalized spacial score (nSPS) is 10.5. The van der Waals surface area contributed by atoms with Crippen molar-refractivity contribution < 1.29 is 0 Å². The van der Waals surface area contributed by atoms with Crippen molar-refractivity contribution >= 4 is 11.6 Å². The van der Waals surface area contributed by atoms with E-state index in [1.54, 1.807) is 0 Å². The van der Waals surface area contributed by atoms with Crippen LogP contribution in [0.3, 0.4) is 0 Å². The number of nitrogens with zero attached hydrogens (tertiary/aromatic N) is 1. The molecule has 0 unspecified atom stereocenters. The quantitative estimate of drug-likeness (QED) is 0.847. The predicted molar refractivity (Wildman–Crippen MR) is 62.9 cm³/mol. The Morgan fingerprint density at radius 1 is 1.13 bits per heavy atom. The van der Waals surface area contributed by atoms with Gasteiger partial charge in [-0.05, 0) is 29.8 Å². The Morgan fingerprint density at radius 2 is 1.87 bits per heavy atom. The molecule has 3 heteroatoms. The molecule has 0 aliphatic rings. The fourth-order valence-electron chi connectivity index (χ4n) is 1.58. The van der Waals surface area contributed by atoms with Crippen LogP contribution in [0.4, 0.5) is 0 Å². The molecule has 0 amide bonds. The third kappa shape index (κ3) is 2.41. The molecule has 1 aromatic carbocycles. The SMILES string of the molecule is NCc1cccn1Cc1ccc(Cl)cc1. The summed E-state index contributed by atoms with van der Waals surface area (Å²) in [6, 6.07) is 11.9. The molecule has 0 aliphatic heterocycles. The Bertz CT molecular complexity index is 431. The van der Waals surface area contributed by atoms with E-state index in [2.05, 4.69) is 4.57 Å². The van der Waals surface area contributed by atoms with Gasteiger partial charge in [0.05, 0.1) is 0 Å². The zero-order valence-corrected chi connectivity index (χ0v) is 9.11. The summed E-state index contributed by atoms with van der Waals surface area (Å²) in [7, 11) is 0. The molecule has 0 fully saturated rings. The number of nitrogens with two attached hydrogens (primary N) is 1. The van der Waals surface area contributed by atoms with Gasteiger partial charge in [0, 0.05) is 30.0 Å². The molecule has 0 aliphatic carbocycles. The maximum absolute atomic E-state index is 5.83. The van der Waals surface area contributed by atoms with E-state index in [1.165, 1.54) is 5.56 Å². The van der Waals surface area contributed by atoms with Crippen molar-refractivity contribution in [2.45, 2.75) is 13.1 Å². The van der Waals surface area contributed by atoms with E-state index in [9.17, 15) is 0 Å². The van der Waals surface area contributed by atoms with E-state index >= 15 is 0 Å². The fourth-order valence-corrected chi connectivity index (χ4v) is 1.70. The van der Waals surface area contributed by atoms with Gasteiger partial charge in [0.15, 0.2) is 0 Å². The molecule has 15 heavy (non-hydrogen) atoms. The first-order valence-electron chi connectivity index (χ1n) is 4.88. The maximum Gasteiger partial charge on any atom is 0.0473 e. The van der Waals surface area contributed by atoms with Gasteiger partial charge >= 0.3 is 0 Å². The first-order chi connectivity index (χ1) is 7.29. The van der Waals surface area contributed by atoms with Crippen molar-refractivity contribution in [3.8, 4) is 0 Å². The average molecular weight is 221 g/mol. The predicted octanol–water partition coefficient (Wildman–Crippen LogP) is 2.65. The summed E-state index contributed by atoms with van der Waals surface area (Å²) in [6.07, 6.45) is 2.04. The summed E-state index contributed by atoms with van der Waals surface area (Å²) in [5, 5.41) is 0.769. The van der Waals surface area contributed by atoms with Gasteiger partial charge in [-0.3, -0.25) is 0 Å². The van der Waals surface area contributed by atoms with Crippen LogP contribution in [-0.4, -0.2) is 4.57 Å². The molecular formula is C12H13ClN2. The van der Waals surface area contributed by atoms with E-state index in [4.69, 9.17) is 17.3 Å². The average Bonchev–Trinajstić information content (AvgIpc) is 2.69. The summed E-state index contributed by atoms with van der Waals surface area (Å²) in [5.41, 5.74) is 8.00. The van der Waals surface area contributed by atoms with Crippen LogP contribution < -0.4 is 5.73 Å². The van der Waals surface area contributed by atoms with Crippen LogP contribution in [0.25, 0.3) is 0 Å². The number of rotatable bonds is 3. The highest BCUT2D eigenvalue weighted by molar-refractivity contribution is 6.30. The zero-order chi connectivity index (χ0) is 10.7. The first-order valence-corrected chi connectivity index (χ1v) is 5.26. The van der Waals surface area contributed by atoms with Gasteiger partial charge in [-0.1, -0.05) is 23.7 Å². The second-order valence-corrected chi connectivity index (χ2v) is 3.89. The number of benzene rings is 1. The molecule has 1 aromatic heterocycles. The summed E-state index contributed by atoms with van der Waals surface area (Å²) in [5.74, 6) is 0. The fraction of sp³-hybridized carbons (Fsp3) is 0.167. The van der Waals surface area contributed by atoms with Gasteiger partial charge in [-0.2, -0.15) is 0 Å². The number of hydrogen-bond acceptors (Lipinski definition) is 1. The van der Waals surface area contributed by atoms with Gasteiger partial charge in [0.25, 0.3) is 0 Å². The minimum atomic E-state index is 0.570. The van der Waals surface area contributed by atoms with Crippen LogP contribution in [0.5, 0.6) is 0 Å². The lowest BCUT2D eigenvalue weighted by molar-refractivity contribution is 0.744. The lowest BCUT2D eigenvalue weighted by atomic mass is 10.2. The Balaban J connectivity index is 2.18. The van der Waals surface area contributed by atoms with E-state index < -0.39 is 0 Å². The number of hydrogen-bond donors (Lipinski definition) is 1. The smallest absolute Gasteiger partial charge is 0.0473 e. The summed E-state index contributed by atoms with van der Waals surface area (Å²) in [6.45, 7) is 1.41. The van der Waals surface area contributed by atoms with Gasteiger partial charge in [-0.15, -0.1) is 0 Å². The monoisotopic (exact) mass is 220 g/mol. The maximum atomic E-state index is 5.83. The molecule has 0 radical (unpaired) electrons. The lowest BCUT2D eigenvalue weighted by Gasteiger charge is -2.07. The van der Waals surface area contributed by atoms with Gasteiger partial charge in [0.1, 0.15) is 0 Å². The van der Waals surface area contributed by atoms with Crippen LogP contribution in [0, 0.1) is 0 Å². The molecule has 2 aromatic rings. The highest BCUT2D eigenvalue weighted by Crippen LogP contribution is 2.12. The zero-order valence-electron chi connectivity index (χ0n) is 8.36. The highest BCUT2D eigenvalue weighted by Gasteiger charge is 1.99. The van der Waals surface area contributed by atoms with Crippen LogP contribution >= 0.6 is 11.6 Å². The van der Waals surface area contributed by atoms with Gasteiger partial charge in [-0.25, -0.2) is 0 Å². The molecule has 0 saturated heterocycles. The largest absolute Gasteiger partial charge is 0.346 e. The van der Waals surface area contributed by atoms with Crippen molar-refractivity contribution in [3.63, 3.8) is 0 Å². The number of halogens is 1. The summed E-state index contributed by atoms with van der Waals surface area (Å²) < 4.78 is 2.14. The van der Waals surface area contributed by atoms with Crippen LogP contribution in [0.2, 0.25) is 5.02 Å². The summed E-state index contributed by atoms with van der Waals surface area (Å²) in [4.78, 5) is 0. The minimum absolute atomic E-state index is 0.570. The highest BCUT2D eigenvalue weighted by atomic mass is 35.5. The Labute approximate surface area is 94.3 Å². The van der Waals surface area contributed by atoms with Crippen molar-refractivity contribution in [1.29, 1.82) is 0 Å². The molecule has 0 atom stereocenters. The van der Waals surface area contributed by atoms with Crippen molar-refractivity contribution in [3.05, 3.63) is 58.9 Å². The Morgan fingerprint density at radius 3 is 2.53 bits per heavy atom. The molecule has 2 N–H and O–H groups in total. The summed E-state index contributed by atoms with van der Waals surface area (Å²) >= 11 is 5.83. The molecule has 2 nitrogen and oxygen atoms in total. The number of aromatic nitrogens is 1. The van der Waals surface area contributed by atoms with E-state index in [1.807, 2.05) is 42.6 Å². The molecule has 0 saturated carbocycles. The van der Waals surface area contributed by atoms with Crippen LogP contribution in [0.1, 0.15) is 11.3 Å². The van der Waals surface area contributed by atoms with Crippen molar-refractivity contribution in [2.24, 2.45) is 5.73 Å². The third-order valence-corrected chi connectivity index (χ3v) is 2.65. The van der Waals surface area contributed by atoms with Crippen molar-refractivity contribution in [2.75, 3.05) is 0 Å². The molecule has 78 valence electrons. The second kappa shape index (κ2) is 4.51. The Hall–Kier alpha value is -1.25. The Kier molecular flexibility index (Phi) is 3.09. The topological polar surface area (TPSA) is 30.9 Å². The third-order valence-electron chi connectivity index (χ3n) is 2.40. The lowest BCUT2D eigenvalue weighted by Crippen LogP contribution is -2.07. The molecule has 0 bridgehead atoms. The van der Waals surface area contributed by atoms with Gasteiger partial charge in [0.2, 0.25) is 0 Å². The first kappa shape index (κ1) is 10.3. The van der Waals surface area contributed by atoms with Crippen LogP contribution in [0.15, 0.2) is 42.6 Å². The molecule has 0 spiro atoms. The van der Waals surface area contributed by atoms with E-state index in [0.29, 0.717) is 6.54 Å². The van der Waals surface area contributed by atoms with Crippen molar-refractivity contribution in [1.82, 2.24) is 4.57 Å². The van der Waals surface area contributed by atoms with Crippen LogP contribution in [-0.2, 0) is 13.1 Å². The molecule has 2 rings (SSSR count). The second-order valence-electron chi connectivity index (χ2n) is 3.46. The molecule has 1 heterocycles.